The van der Waals surface area contributed by atoms with Crippen molar-refractivity contribution in [3.05, 3.63) is 60.2 Å². The van der Waals surface area contributed by atoms with E-state index in [0.29, 0.717) is 6.04 Å². The van der Waals surface area contributed by atoms with E-state index in [9.17, 15) is 4.79 Å². The van der Waals surface area contributed by atoms with Crippen LogP contribution < -0.4 is 16.0 Å². The first-order valence-electron chi connectivity index (χ1n) is 13.5. The van der Waals surface area contributed by atoms with Crippen LogP contribution in [0.1, 0.15) is 68.1 Å². The summed E-state index contributed by atoms with van der Waals surface area (Å²) in [6.07, 6.45) is 11.0. The zero-order valence-corrected chi connectivity index (χ0v) is 20.7. The fourth-order valence-corrected chi connectivity index (χ4v) is 5.56. The van der Waals surface area contributed by atoms with Crippen molar-refractivity contribution in [3.63, 3.8) is 0 Å². The van der Waals surface area contributed by atoms with Crippen LogP contribution in [0.5, 0.6) is 0 Å². The fourth-order valence-electron chi connectivity index (χ4n) is 5.56. The SMILES string of the molecule is O=C(NC1CCCCC1)c1ccc(-c2cc(NCCCC3CCCNC3)c3ccccc3n2)cc1. The van der Waals surface area contributed by atoms with Crippen molar-refractivity contribution in [1.29, 1.82) is 0 Å². The molecule has 1 aliphatic carbocycles. The molecule has 0 radical (unpaired) electrons. The van der Waals surface area contributed by atoms with E-state index in [4.69, 9.17) is 4.98 Å². The Morgan fingerprint density at radius 3 is 2.60 bits per heavy atom. The van der Waals surface area contributed by atoms with Crippen molar-refractivity contribution in [2.75, 3.05) is 25.0 Å². The summed E-state index contributed by atoms with van der Waals surface area (Å²) in [7, 11) is 0. The molecule has 3 aromatic rings. The van der Waals surface area contributed by atoms with E-state index in [1.165, 1.54) is 51.5 Å². The van der Waals surface area contributed by atoms with Crippen molar-refractivity contribution in [2.24, 2.45) is 5.92 Å². The average Bonchev–Trinajstić information content (AvgIpc) is 2.92. The van der Waals surface area contributed by atoms with Crippen LogP contribution in [0.3, 0.4) is 0 Å². The summed E-state index contributed by atoms with van der Waals surface area (Å²) < 4.78 is 0. The highest BCUT2D eigenvalue weighted by molar-refractivity contribution is 5.96. The van der Waals surface area contributed by atoms with Crippen LogP contribution in [-0.4, -0.2) is 36.6 Å². The number of nitrogens with zero attached hydrogens (tertiary/aromatic N) is 1. The van der Waals surface area contributed by atoms with Crippen LogP contribution >= 0.6 is 0 Å². The molecule has 1 aromatic heterocycles. The van der Waals surface area contributed by atoms with Gasteiger partial charge in [0.25, 0.3) is 5.91 Å². The van der Waals surface area contributed by atoms with Gasteiger partial charge in [0.1, 0.15) is 0 Å². The summed E-state index contributed by atoms with van der Waals surface area (Å²) in [6.45, 7) is 3.30. The standard InChI is InChI=1S/C30H38N4O/c35-30(33-25-10-2-1-3-11-25)24-16-14-23(15-17-24)28-20-29(26-12-4-5-13-27(26)34-28)32-19-7-9-22-8-6-18-31-21-22/h4-5,12-17,20,22,25,31H,1-3,6-11,18-19,21H2,(H,32,34)(H,33,35). The van der Waals surface area contributed by atoms with Gasteiger partial charge < -0.3 is 16.0 Å². The quantitative estimate of drug-likeness (QED) is 0.345. The van der Waals surface area contributed by atoms with Crippen molar-refractivity contribution in [1.82, 2.24) is 15.6 Å². The Labute approximate surface area is 209 Å². The maximum absolute atomic E-state index is 12.7. The van der Waals surface area contributed by atoms with Crippen LogP contribution in [0.25, 0.3) is 22.2 Å². The Kier molecular flexibility index (Phi) is 7.94. The van der Waals surface area contributed by atoms with Gasteiger partial charge in [0.05, 0.1) is 11.2 Å². The molecule has 5 heteroatoms. The van der Waals surface area contributed by atoms with E-state index in [1.807, 2.05) is 30.3 Å². The van der Waals surface area contributed by atoms with E-state index in [2.05, 4.69) is 40.2 Å². The van der Waals surface area contributed by atoms with Gasteiger partial charge in [-0.3, -0.25) is 4.79 Å². The number of benzene rings is 2. The Morgan fingerprint density at radius 1 is 0.971 bits per heavy atom. The minimum atomic E-state index is 0.0328. The number of para-hydroxylation sites is 1. The molecule has 35 heavy (non-hydrogen) atoms. The maximum Gasteiger partial charge on any atom is 0.251 e. The number of carbonyl (C=O) groups excluding carboxylic acids is 1. The van der Waals surface area contributed by atoms with Crippen LogP contribution in [0.2, 0.25) is 0 Å². The summed E-state index contributed by atoms with van der Waals surface area (Å²) >= 11 is 0. The third kappa shape index (κ3) is 6.21. The molecule has 1 amide bonds. The third-order valence-corrected chi connectivity index (χ3v) is 7.60. The third-order valence-electron chi connectivity index (χ3n) is 7.60. The molecule has 184 valence electrons. The van der Waals surface area contributed by atoms with Crippen LogP contribution in [0.4, 0.5) is 5.69 Å². The maximum atomic E-state index is 12.7. The number of hydrogen-bond donors (Lipinski definition) is 3. The largest absolute Gasteiger partial charge is 0.384 e. The van der Waals surface area contributed by atoms with Gasteiger partial charge in [0.15, 0.2) is 0 Å². The van der Waals surface area contributed by atoms with Crippen LogP contribution in [0.15, 0.2) is 54.6 Å². The Balaban J connectivity index is 1.27. The van der Waals surface area contributed by atoms with Crippen molar-refractivity contribution >= 4 is 22.5 Å². The molecule has 3 N–H and O–H groups in total. The van der Waals surface area contributed by atoms with Gasteiger partial charge in [0, 0.05) is 34.8 Å². The molecular formula is C30H38N4O. The lowest BCUT2D eigenvalue weighted by atomic mass is 9.95. The van der Waals surface area contributed by atoms with E-state index < -0.39 is 0 Å². The smallest absolute Gasteiger partial charge is 0.251 e. The highest BCUT2D eigenvalue weighted by atomic mass is 16.1. The molecule has 1 atom stereocenters. The van der Waals surface area contributed by atoms with Gasteiger partial charge in [0.2, 0.25) is 0 Å². The number of nitrogens with one attached hydrogen (secondary N) is 3. The summed E-state index contributed by atoms with van der Waals surface area (Å²) in [5, 5.41) is 11.6. The predicted octanol–water partition coefficient (Wildman–Crippen LogP) is 6.16. The molecule has 5 rings (SSSR count). The van der Waals surface area contributed by atoms with Crippen molar-refractivity contribution in [3.8, 4) is 11.3 Å². The molecule has 1 unspecified atom stereocenters. The van der Waals surface area contributed by atoms with Gasteiger partial charge in [-0.25, -0.2) is 4.98 Å². The first-order chi connectivity index (χ1) is 17.3. The number of rotatable bonds is 8. The van der Waals surface area contributed by atoms with Crippen LogP contribution in [0, 0.1) is 5.92 Å². The number of anilines is 1. The van der Waals surface area contributed by atoms with Gasteiger partial charge in [-0.1, -0.05) is 49.6 Å². The van der Waals surface area contributed by atoms with Gasteiger partial charge in [-0.15, -0.1) is 0 Å². The highest BCUT2D eigenvalue weighted by Gasteiger charge is 2.17. The van der Waals surface area contributed by atoms with E-state index in [-0.39, 0.29) is 5.91 Å². The van der Waals surface area contributed by atoms with Gasteiger partial charge >= 0.3 is 0 Å². The van der Waals surface area contributed by atoms with Crippen molar-refractivity contribution < 1.29 is 4.79 Å². The molecule has 1 saturated carbocycles. The summed E-state index contributed by atoms with van der Waals surface area (Å²) in [5.74, 6) is 0.842. The Morgan fingerprint density at radius 2 is 1.80 bits per heavy atom. The molecule has 5 nitrogen and oxygen atoms in total. The summed E-state index contributed by atoms with van der Waals surface area (Å²) in [6, 6.07) is 18.7. The zero-order chi connectivity index (χ0) is 23.9. The second-order valence-corrected chi connectivity index (χ2v) is 10.2. The molecule has 2 heterocycles. The van der Waals surface area contributed by atoms with E-state index in [1.54, 1.807) is 0 Å². The first-order valence-corrected chi connectivity index (χ1v) is 13.5. The Hall–Kier alpha value is -2.92. The molecule has 0 bridgehead atoms. The van der Waals surface area contributed by atoms with E-state index in [0.717, 1.165) is 65.3 Å². The topological polar surface area (TPSA) is 66.1 Å². The lowest BCUT2D eigenvalue weighted by molar-refractivity contribution is 0.0927. The minimum absolute atomic E-state index is 0.0328. The van der Waals surface area contributed by atoms with Crippen LogP contribution in [-0.2, 0) is 0 Å². The first kappa shape index (κ1) is 23.8. The lowest BCUT2D eigenvalue weighted by Gasteiger charge is -2.22. The summed E-state index contributed by atoms with van der Waals surface area (Å²) in [5.41, 5.74) is 4.80. The number of amides is 1. The van der Waals surface area contributed by atoms with Gasteiger partial charge in [-0.05, 0) is 81.8 Å². The number of piperidine rings is 1. The molecular weight excluding hydrogens is 432 g/mol. The zero-order valence-electron chi connectivity index (χ0n) is 20.7. The molecule has 2 fully saturated rings. The molecule has 2 aromatic carbocycles. The second-order valence-electron chi connectivity index (χ2n) is 10.2. The number of pyridine rings is 1. The van der Waals surface area contributed by atoms with E-state index >= 15 is 0 Å². The number of fused-ring (bicyclic) bond motifs is 1. The molecule has 1 saturated heterocycles. The average molecular weight is 471 g/mol. The lowest BCUT2D eigenvalue weighted by Crippen LogP contribution is -2.36. The fraction of sp³-hybridized carbons (Fsp3) is 0.467. The predicted molar refractivity (Wildman–Crippen MR) is 145 cm³/mol. The minimum Gasteiger partial charge on any atom is -0.384 e. The van der Waals surface area contributed by atoms with Crippen molar-refractivity contribution in [2.45, 2.75) is 63.8 Å². The molecule has 0 spiro atoms. The molecule has 2 aliphatic rings. The number of hydrogen-bond acceptors (Lipinski definition) is 4. The highest BCUT2D eigenvalue weighted by Crippen LogP contribution is 2.29. The van der Waals surface area contributed by atoms with Gasteiger partial charge in [-0.2, -0.15) is 0 Å². The number of aromatic nitrogens is 1. The molecule has 1 aliphatic heterocycles. The second kappa shape index (κ2) is 11.7. The normalized spacial score (nSPS) is 18.9. The summed E-state index contributed by atoms with van der Waals surface area (Å²) in [4.78, 5) is 17.6. The monoisotopic (exact) mass is 470 g/mol. The number of carbonyl (C=O) groups is 1. The Bertz CT molecular complexity index is 1110.